The van der Waals surface area contributed by atoms with E-state index in [0.29, 0.717) is 12.6 Å². The first-order valence-corrected chi connectivity index (χ1v) is 9.24. The van der Waals surface area contributed by atoms with E-state index in [2.05, 4.69) is 10.6 Å². The molecule has 6 nitrogen and oxygen atoms in total. The van der Waals surface area contributed by atoms with Crippen LogP contribution in [0.3, 0.4) is 0 Å². The van der Waals surface area contributed by atoms with Crippen molar-refractivity contribution >= 4 is 16.1 Å². The summed E-state index contributed by atoms with van der Waals surface area (Å²) in [6.07, 6.45) is 3.24. The van der Waals surface area contributed by atoms with Gasteiger partial charge in [0.25, 0.3) is 0 Å². The van der Waals surface area contributed by atoms with Crippen molar-refractivity contribution in [2.24, 2.45) is 0 Å². The van der Waals surface area contributed by atoms with Gasteiger partial charge in [0.1, 0.15) is 0 Å². The van der Waals surface area contributed by atoms with Crippen molar-refractivity contribution < 1.29 is 13.2 Å². The smallest absolute Gasteiger partial charge is 0.315 e. The number of aryl methyl sites for hydroxylation is 1. The van der Waals surface area contributed by atoms with Gasteiger partial charge in [-0.3, -0.25) is 0 Å². The number of benzene rings is 1. The lowest BCUT2D eigenvalue weighted by molar-refractivity contribution is 0.239. The molecular formula is C15H23N3O3S. The molecule has 0 saturated heterocycles. The summed E-state index contributed by atoms with van der Waals surface area (Å²) in [7, 11) is -3.32. The van der Waals surface area contributed by atoms with Crippen LogP contribution in [0.15, 0.2) is 24.3 Å². The number of amides is 2. The van der Waals surface area contributed by atoms with E-state index in [1.165, 1.54) is 10.6 Å². The first-order chi connectivity index (χ1) is 10.3. The van der Waals surface area contributed by atoms with Crippen molar-refractivity contribution in [3.8, 4) is 0 Å². The molecule has 1 aromatic rings. The molecule has 22 heavy (non-hydrogen) atoms. The molecule has 1 fully saturated rings. The van der Waals surface area contributed by atoms with Crippen LogP contribution in [0.25, 0.3) is 0 Å². The molecule has 0 unspecified atom stereocenters. The van der Waals surface area contributed by atoms with E-state index >= 15 is 0 Å². The normalized spacial score (nSPS) is 14.9. The van der Waals surface area contributed by atoms with Gasteiger partial charge >= 0.3 is 6.03 Å². The van der Waals surface area contributed by atoms with Gasteiger partial charge in [-0.15, -0.1) is 0 Å². The second-order valence-corrected chi connectivity index (χ2v) is 7.74. The fourth-order valence-electron chi connectivity index (χ4n) is 2.13. The van der Waals surface area contributed by atoms with Gasteiger partial charge in [0.15, 0.2) is 0 Å². The molecule has 0 aliphatic heterocycles. The number of carbonyl (C=O) groups is 1. The second-order valence-electron chi connectivity index (χ2n) is 5.76. The van der Waals surface area contributed by atoms with Gasteiger partial charge in [0.2, 0.25) is 10.0 Å². The number of nitrogens with one attached hydrogen (secondary N) is 2. The van der Waals surface area contributed by atoms with Crippen LogP contribution in [-0.4, -0.2) is 44.1 Å². The molecule has 2 N–H and O–H groups in total. The largest absolute Gasteiger partial charge is 0.337 e. The predicted octanol–water partition coefficient (Wildman–Crippen LogP) is 1.22. The molecule has 0 radical (unpaired) electrons. The summed E-state index contributed by atoms with van der Waals surface area (Å²) in [6, 6.07) is 7.80. The van der Waals surface area contributed by atoms with Crippen LogP contribution >= 0.6 is 0 Å². The molecule has 0 heterocycles. The molecule has 0 aromatic heterocycles. The Labute approximate surface area is 131 Å². The molecule has 2 rings (SSSR count). The zero-order valence-electron chi connectivity index (χ0n) is 13.0. The number of hydrogen-bond donors (Lipinski definition) is 2. The van der Waals surface area contributed by atoms with Crippen molar-refractivity contribution in [1.29, 1.82) is 0 Å². The third-order valence-electron chi connectivity index (χ3n) is 3.47. The maximum absolute atomic E-state index is 11.9. The monoisotopic (exact) mass is 325 g/mol. The van der Waals surface area contributed by atoms with Gasteiger partial charge in [-0.25, -0.2) is 13.2 Å². The molecule has 1 aromatic carbocycles. The summed E-state index contributed by atoms with van der Waals surface area (Å²) in [5, 5.41) is 5.50. The van der Waals surface area contributed by atoms with Crippen molar-refractivity contribution in [3.05, 3.63) is 35.4 Å². The summed E-state index contributed by atoms with van der Waals surface area (Å²) in [5.74, 6) is 0. The lowest BCUT2D eigenvalue weighted by Crippen LogP contribution is -2.42. The molecular weight excluding hydrogens is 302 g/mol. The van der Waals surface area contributed by atoms with Gasteiger partial charge in [0.05, 0.1) is 6.26 Å². The van der Waals surface area contributed by atoms with Crippen LogP contribution in [-0.2, 0) is 16.6 Å². The SMILES string of the molecule is Cc1cccc(CN(CCNC(=O)NC2CC2)S(C)(=O)=O)c1. The van der Waals surface area contributed by atoms with Crippen LogP contribution in [0.4, 0.5) is 4.79 Å². The standard InChI is InChI=1S/C15H23N3O3S/c1-12-4-3-5-13(10-12)11-18(22(2,20)21)9-8-16-15(19)17-14-6-7-14/h3-5,10,14H,6-9,11H2,1-2H3,(H2,16,17,19). The van der Waals surface area contributed by atoms with Crippen molar-refractivity contribution in [1.82, 2.24) is 14.9 Å². The van der Waals surface area contributed by atoms with Crippen LogP contribution < -0.4 is 10.6 Å². The molecule has 0 bridgehead atoms. The summed E-state index contributed by atoms with van der Waals surface area (Å²) >= 11 is 0. The number of hydrogen-bond acceptors (Lipinski definition) is 3. The highest BCUT2D eigenvalue weighted by Gasteiger charge is 2.23. The minimum atomic E-state index is -3.32. The first-order valence-electron chi connectivity index (χ1n) is 7.39. The third-order valence-corrected chi connectivity index (χ3v) is 4.72. The van der Waals surface area contributed by atoms with E-state index in [9.17, 15) is 13.2 Å². The van der Waals surface area contributed by atoms with E-state index in [0.717, 1.165) is 24.0 Å². The predicted molar refractivity (Wildman–Crippen MR) is 86.0 cm³/mol. The average molecular weight is 325 g/mol. The summed E-state index contributed by atoms with van der Waals surface area (Å²) in [6.45, 7) is 2.83. The Hall–Kier alpha value is -1.60. The first kappa shape index (κ1) is 16.8. The van der Waals surface area contributed by atoms with Gasteiger partial charge in [-0.2, -0.15) is 4.31 Å². The maximum Gasteiger partial charge on any atom is 0.315 e. The fourth-order valence-corrected chi connectivity index (χ4v) is 2.94. The lowest BCUT2D eigenvalue weighted by Gasteiger charge is -2.20. The van der Waals surface area contributed by atoms with E-state index in [-0.39, 0.29) is 19.1 Å². The zero-order valence-corrected chi connectivity index (χ0v) is 13.8. The van der Waals surface area contributed by atoms with Crippen molar-refractivity contribution in [2.75, 3.05) is 19.3 Å². The quantitative estimate of drug-likeness (QED) is 0.791. The highest BCUT2D eigenvalue weighted by Crippen LogP contribution is 2.18. The number of sulfonamides is 1. The molecule has 122 valence electrons. The minimum Gasteiger partial charge on any atom is -0.337 e. The number of carbonyl (C=O) groups excluding carboxylic acids is 1. The van der Waals surface area contributed by atoms with Gasteiger partial charge < -0.3 is 10.6 Å². The molecule has 7 heteroatoms. The summed E-state index contributed by atoms with van der Waals surface area (Å²) in [4.78, 5) is 11.5. The van der Waals surface area contributed by atoms with Crippen molar-refractivity contribution in [3.63, 3.8) is 0 Å². The number of rotatable bonds is 7. The van der Waals surface area contributed by atoms with Crippen LogP contribution in [0.5, 0.6) is 0 Å². The molecule has 1 aliphatic rings. The van der Waals surface area contributed by atoms with E-state index in [1.54, 1.807) is 0 Å². The van der Waals surface area contributed by atoms with Crippen molar-refractivity contribution in [2.45, 2.75) is 32.4 Å². The summed E-state index contributed by atoms with van der Waals surface area (Å²) < 4.78 is 25.1. The molecule has 0 atom stereocenters. The molecule has 1 saturated carbocycles. The summed E-state index contributed by atoms with van der Waals surface area (Å²) in [5.41, 5.74) is 2.03. The van der Waals surface area contributed by atoms with E-state index in [1.807, 2.05) is 31.2 Å². The van der Waals surface area contributed by atoms with Gasteiger partial charge in [-0.1, -0.05) is 29.8 Å². The Morgan fingerprint density at radius 3 is 2.68 bits per heavy atom. The average Bonchev–Trinajstić information content (AvgIpc) is 3.20. The Kier molecular flexibility index (Phi) is 5.42. The van der Waals surface area contributed by atoms with E-state index in [4.69, 9.17) is 0 Å². The topological polar surface area (TPSA) is 78.5 Å². The molecule has 0 spiro atoms. The van der Waals surface area contributed by atoms with Crippen LogP contribution in [0.1, 0.15) is 24.0 Å². The lowest BCUT2D eigenvalue weighted by atomic mass is 10.1. The fraction of sp³-hybridized carbons (Fsp3) is 0.533. The number of nitrogens with zero attached hydrogens (tertiary/aromatic N) is 1. The van der Waals surface area contributed by atoms with Gasteiger partial charge in [0, 0.05) is 25.7 Å². The Bertz CT molecular complexity index is 627. The van der Waals surface area contributed by atoms with Crippen LogP contribution in [0, 0.1) is 6.92 Å². The van der Waals surface area contributed by atoms with E-state index < -0.39 is 10.0 Å². The Balaban J connectivity index is 1.87. The van der Waals surface area contributed by atoms with Crippen LogP contribution in [0.2, 0.25) is 0 Å². The minimum absolute atomic E-state index is 0.230. The Morgan fingerprint density at radius 2 is 2.09 bits per heavy atom. The highest BCUT2D eigenvalue weighted by atomic mass is 32.2. The van der Waals surface area contributed by atoms with Gasteiger partial charge in [-0.05, 0) is 25.3 Å². The molecule has 1 aliphatic carbocycles. The third kappa shape index (κ3) is 5.65. The maximum atomic E-state index is 11.9. The number of urea groups is 1. The highest BCUT2D eigenvalue weighted by molar-refractivity contribution is 7.88. The Morgan fingerprint density at radius 1 is 1.36 bits per heavy atom. The molecule has 2 amide bonds. The second kappa shape index (κ2) is 7.11. The zero-order chi connectivity index (χ0) is 16.2.